The molecule has 2 N–H and O–H groups in total. The van der Waals surface area contributed by atoms with Gasteiger partial charge in [0.15, 0.2) is 0 Å². The van der Waals surface area contributed by atoms with Gasteiger partial charge in [-0.1, -0.05) is 52.3 Å². The van der Waals surface area contributed by atoms with Crippen LogP contribution in [0, 0.1) is 0 Å². The van der Waals surface area contributed by atoms with Crippen LogP contribution in [0.2, 0.25) is 0 Å². The molecule has 3 rings (SSSR count). The highest BCUT2D eigenvalue weighted by Gasteiger charge is 2.07. The van der Waals surface area contributed by atoms with Crippen molar-refractivity contribution in [2.45, 2.75) is 13.0 Å². The molecule has 0 atom stereocenters. The van der Waals surface area contributed by atoms with Crippen LogP contribution in [-0.4, -0.2) is 4.98 Å². The predicted molar refractivity (Wildman–Crippen MR) is 92.4 cm³/mol. The Kier molecular flexibility index (Phi) is 4.48. The smallest absolute Gasteiger partial charge is 0.0976 e. The van der Waals surface area contributed by atoms with Crippen molar-refractivity contribution >= 4 is 27.3 Å². The highest BCUT2D eigenvalue weighted by Crippen LogP contribution is 2.26. The van der Waals surface area contributed by atoms with Crippen LogP contribution in [0.5, 0.6) is 0 Å². The van der Waals surface area contributed by atoms with Crippen molar-refractivity contribution in [1.29, 1.82) is 0 Å². The van der Waals surface area contributed by atoms with Crippen molar-refractivity contribution < 1.29 is 0 Å². The van der Waals surface area contributed by atoms with E-state index in [1.807, 2.05) is 18.2 Å². The average molecular weight is 359 g/mol. The van der Waals surface area contributed by atoms with Crippen LogP contribution in [0.4, 0.5) is 0 Å². The number of aromatic nitrogens is 1. The van der Waals surface area contributed by atoms with Gasteiger partial charge in [-0.15, -0.1) is 11.3 Å². The van der Waals surface area contributed by atoms with E-state index in [1.54, 1.807) is 11.3 Å². The topological polar surface area (TPSA) is 38.9 Å². The van der Waals surface area contributed by atoms with E-state index in [1.165, 1.54) is 5.56 Å². The third kappa shape index (κ3) is 3.40. The van der Waals surface area contributed by atoms with Gasteiger partial charge in [0.1, 0.15) is 0 Å². The first-order valence-electron chi connectivity index (χ1n) is 6.73. The van der Waals surface area contributed by atoms with E-state index in [0.29, 0.717) is 6.54 Å². The number of nitrogens with zero attached hydrogens (tertiary/aromatic N) is 1. The largest absolute Gasteiger partial charge is 0.326 e. The third-order valence-electron chi connectivity index (χ3n) is 3.31. The van der Waals surface area contributed by atoms with E-state index in [-0.39, 0.29) is 0 Å². The number of nitrogens with two attached hydrogens (primary N) is 1. The first-order chi connectivity index (χ1) is 10.3. The Morgan fingerprint density at radius 1 is 1.10 bits per heavy atom. The standard InChI is InChI=1S/C17H15BrN2S/c18-15-7-2-1-5-13(15)9-17-20-16(11-21-17)14-6-3-4-12(8-14)10-19/h1-8,11H,9-10,19H2. The van der Waals surface area contributed by atoms with Gasteiger partial charge >= 0.3 is 0 Å². The Hall–Kier alpha value is -1.49. The maximum atomic E-state index is 5.70. The molecule has 0 amide bonds. The minimum absolute atomic E-state index is 0.557. The maximum Gasteiger partial charge on any atom is 0.0976 e. The summed E-state index contributed by atoms with van der Waals surface area (Å²) >= 11 is 5.29. The quantitative estimate of drug-likeness (QED) is 0.738. The summed E-state index contributed by atoms with van der Waals surface area (Å²) in [6, 6.07) is 16.5. The molecule has 0 spiro atoms. The van der Waals surface area contributed by atoms with Crippen LogP contribution in [0.25, 0.3) is 11.3 Å². The zero-order valence-corrected chi connectivity index (χ0v) is 13.8. The summed E-state index contributed by atoms with van der Waals surface area (Å²) < 4.78 is 1.13. The Morgan fingerprint density at radius 2 is 1.95 bits per heavy atom. The minimum Gasteiger partial charge on any atom is -0.326 e. The van der Waals surface area contributed by atoms with Gasteiger partial charge in [0.25, 0.3) is 0 Å². The lowest BCUT2D eigenvalue weighted by atomic mass is 10.1. The molecule has 0 radical (unpaired) electrons. The molecule has 1 heterocycles. The van der Waals surface area contributed by atoms with E-state index in [0.717, 1.165) is 32.7 Å². The normalized spacial score (nSPS) is 10.8. The van der Waals surface area contributed by atoms with Crippen LogP contribution < -0.4 is 5.73 Å². The molecule has 0 bridgehead atoms. The van der Waals surface area contributed by atoms with E-state index in [2.05, 4.69) is 51.6 Å². The Balaban J connectivity index is 1.85. The second kappa shape index (κ2) is 6.52. The van der Waals surface area contributed by atoms with Gasteiger partial charge in [-0.05, 0) is 23.3 Å². The SMILES string of the molecule is NCc1cccc(-c2csc(Cc3ccccc3Br)n2)c1. The summed E-state index contributed by atoms with van der Waals surface area (Å²) in [5.41, 5.74) is 10.2. The molecular formula is C17H15BrN2S. The lowest BCUT2D eigenvalue weighted by Crippen LogP contribution is -1.95. The Morgan fingerprint density at radius 3 is 2.76 bits per heavy atom. The molecule has 0 aliphatic carbocycles. The van der Waals surface area contributed by atoms with Gasteiger partial charge in [-0.3, -0.25) is 0 Å². The molecule has 0 aliphatic rings. The molecule has 2 nitrogen and oxygen atoms in total. The van der Waals surface area contributed by atoms with Crippen LogP contribution in [0.15, 0.2) is 58.4 Å². The Labute approximate surface area is 136 Å². The monoisotopic (exact) mass is 358 g/mol. The molecule has 4 heteroatoms. The lowest BCUT2D eigenvalue weighted by Gasteiger charge is -2.02. The second-order valence-electron chi connectivity index (χ2n) is 4.80. The van der Waals surface area contributed by atoms with Crippen molar-refractivity contribution in [2.75, 3.05) is 0 Å². The third-order valence-corrected chi connectivity index (χ3v) is 4.93. The zero-order valence-electron chi connectivity index (χ0n) is 11.4. The Bertz CT molecular complexity index is 752. The van der Waals surface area contributed by atoms with Crippen LogP contribution in [-0.2, 0) is 13.0 Å². The minimum atomic E-state index is 0.557. The fourth-order valence-corrected chi connectivity index (χ4v) is 3.44. The number of benzene rings is 2. The molecule has 3 aromatic rings. The van der Waals surface area contributed by atoms with Gasteiger partial charge in [0.05, 0.1) is 10.7 Å². The molecule has 21 heavy (non-hydrogen) atoms. The van der Waals surface area contributed by atoms with Gasteiger partial charge in [-0.2, -0.15) is 0 Å². The van der Waals surface area contributed by atoms with Gasteiger partial charge in [0.2, 0.25) is 0 Å². The molecule has 2 aromatic carbocycles. The number of rotatable bonds is 4. The first kappa shape index (κ1) is 14.4. The highest BCUT2D eigenvalue weighted by atomic mass is 79.9. The van der Waals surface area contributed by atoms with E-state index >= 15 is 0 Å². The number of thiazole rings is 1. The van der Waals surface area contributed by atoms with Gasteiger partial charge in [0, 0.05) is 28.4 Å². The lowest BCUT2D eigenvalue weighted by molar-refractivity contribution is 1.07. The first-order valence-corrected chi connectivity index (χ1v) is 8.40. The molecular weight excluding hydrogens is 344 g/mol. The number of hydrogen-bond donors (Lipinski definition) is 1. The zero-order chi connectivity index (χ0) is 14.7. The molecule has 106 valence electrons. The van der Waals surface area contributed by atoms with E-state index in [4.69, 9.17) is 10.7 Å². The fourth-order valence-electron chi connectivity index (χ4n) is 2.19. The summed E-state index contributed by atoms with van der Waals surface area (Å²) in [6.45, 7) is 0.557. The van der Waals surface area contributed by atoms with Crippen molar-refractivity contribution in [3.63, 3.8) is 0 Å². The summed E-state index contributed by atoms with van der Waals surface area (Å²) in [7, 11) is 0. The van der Waals surface area contributed by atoms with Crippen molar-refractivity contribution in [3.05, 3.63) is 74.5 Å². The van der Waals surface area contributed by atoms with E-state index in [9.17, 15) is 0 Å². The van der Waals surface area contributed by atoms with Gasteiger partial charge in [-0.25, -0.2) is 4.98 Å². The van der Waals surface area contributed by atoms with E-state index < -0.39 is 0 Å². The predicted octanol–water partition coefficient (Wildman–Crippen LogP) is 4.62. The molecule has 1 aromatic heterocycles. The molecule has 0 aliphatic heterocycles. The van der Waals surface area contributed by atoms with Crippen molar-refractivity contribution in [1.82, 2.24) is 4.98 Å². The number of hydrogen-bond acceptors (Lipinski definition) is 3. The second-order valence-corrected chi connectivity index (χ2v) is 6.60. The fraction of sp³-hybridized carbons (Fsp3) is 0.118. The summed E-state index contributed by atoms with van der Waals surface area (Å²) in [5, 5.41) is 3.23. The van der Waals surface area contributed by atoms with Crippen LogP contribution in [0.1, 0.15) is 16.1 Å². The van der Waals surface area contributed by atoms with Crippen LogP contribution in [0.3, 0.4) is 0 Å². The molecule has 0 fully saturated rings. The summed E-state index contributed by atoms with van der Waals surface area (Å²) in [6.07, 6.45) is 0.850. The molecule has 0 unspecified atom stereocenters. The van der Waals surface area contributed by atoms with Crippen molar-refractivity contribution in [3.8, 4) is 11.3 Å². The maximum absolute atomic E-state index is 5.70. The highest BCUT2D eigenvalue weighted by molar-refractivity contribution is 9.10. The van der Waals surface area contributed by atoms with Gasteiger partial charge < -0.3 is 5.73 Å². The average Bonchev–Trinajstić information content (AvgIpc) is 2.98. The van der Waals surface area contributed by atoms with Crippen LogP contribution >= 0.6 is 27.3 Å². The molecule has 0 saturated heterocycles. The summed E-state index contributed by atoms with van der Waals surface area (Å²) in [4.78, 5) is 4.75. The number of halogens is 1. The summed E-state index contributed by atoms with van der Waals surface area (Å²) in [5.74, 6) is 0. The molecule has 0 saturated carbocycles. The van der Waals surface area contributed by atoms with Crippen molar-refractivity contribution in [2.24, 2.45) is 5.73 Å².